The molecule has 0 unspecified atom stereocenters. The lowest BCUT2D eigenvalue weighted by atomic mass is 9.95. The molecule has 3 saturated heterocycles. The Kier molecular flexibility index (Phi) is 8.53. The van der Waals surface area contributed by atoms with Gasteiger partial charge in [0, 0.05) is 50.2 Å². The van der Waals surface area contributed by atoms with Crippen molar-refractivity contribution in [3.63, 3.8) is 0 Å². The number of nitrogens with zero attached hydrogens (tertiary/aromatic N) is 6. The topological polar surface area (TPSA) is 83.9 Å². The van der Waals surface area contributed by atoms with Gasteiger partial charge in [-0.3, -0.25) is 9.88 Å². The highest BCUT2D eigenvalue weighted by Gasteiger charge is 2.49. The van der Waals surface area contributed by atoms with E-state index in [1.807, 2.05) is 39.6 Å². The molecule has 0 radical (unpaired) electrons. The molecule has 3 aliphatic rings. The number of benzene rings is 2. The van der Waals surface area contributed by atoms with Crippen molar-refractivity contribution in [1.82, 2.24) is 24.8 Å². The highest BCUT2D eigenvalue weighted by molar-refractivity contribution is 6.02. The molecule has 4 aromatic rings. The Balaban J connectivity index is 1.32. The molecule has 0 saturated carbocycles. The molecule has 4 atom stereocenters. The van der Waals surface area contributed by atoms with Crippen LogP contribution in [0.1, 0.15) is 52.5 Å². The first kappa shape index (κ1) is 33.8. The summed E-state index contributed by atoms with van der Waals surface area (Å²) < 4.78 is 58.3. The molecule has 50 heavy (non-hydrogen) atoms. The lowest BCUT2D eigenvalue weighted by Crippen LogP contribution is -2.43. The number of hydrogen-bond acceptors (Lipinski definition) is 8. The van der Waals surface area contributed by atoms with Crippen molar-refractivity contribution in [3.8, 4) is 29.6 Å². The lowest BCUT2D eigenvalue weighted by molar-refractivity contribution is 0.0287. The summed E-state index contributed by atoms with van der Waals surface area (Å²) in [5.74, 6) is 1.46. The van der Waals surface area contributed by atoms with E-state index in [0.717, 1.165) is 19.4 Å². The largest absolute Gasteiger partial charge is 0.461 e. The maximum atomic E-state index is 16.9. The van der Waals surface area contributed by atoms with Gasteiger partial charge in [0.2, 0.25) is 0 Å². The van der Waals surface area contributed by atoms with E-state index >= 15 is 4.39 Å². The van der Waals surface area contributed by atoms with Crippen LogP contribution < -0.4 is 9.64 Å². The van der Waals surface area contributed by atoms with Crippen LogP contribution in [0.5, 0.6) is 6.01 Å². The maximum Gasteiger partial charge on any atom is 0.410 e. The van der Waals surface area contributed by atoms with Gasteiger partial charge in [-0.25, -0.2) is 18.0 Å². The summed E-state index contributed by atoms with van der Waals surface area (Å²) >= 11 is 0. The average Bonchev–Trinajstić information content (AvgIpc) is 3.74. The number of aromatic nitrogens is 3. The number of rotatable bonds is 6. The van der Waals surface area contributed by atoms with E-state index in [2.05, 4.69) is 20.8 Å². The van der Waals surface area contributed by atoms with E-state index in [1.54, 1.807) is 29.2 Å². The van der Waals surface area contributed by atoms with Crippen LogP contribution in [0.2, 0.25) is 0 Å². The zero-order valence-electron chi connectivity index (χ0n) is 29.0. The zero-order chi connectivity index (χ0) is 35.5. The summed E-state index contributed by atoms with van der Waals surface area (Å²) in [6, 6.07) is 7.79. The summed E-state index contributed by atoms with van der Waals surface area (Å²) in [5.41, 5.74) is -0.874. The van der Waals surface area contributed by atoms with Crippen molar-refractivity contribution in [2.45, 2.75) is 70.3 Å². The molecule has 5 heterocycles. The molecule has 2 aromatic heterocycles. The second-order valence-corrected chi connectivity index (χ2v) is 14.9. The molecule has 9 nitrogen and oxygen atoms in total. The van der Waals surface area contributed by atoms with Crippen molar-refractivity contribution < 1.29 is 27.4 Å². The fourth-order valence-electron chi connectivity index (χ4n) is 7.97. The number of carbonyl (C=O) groups excluding carboxylic acids is 1. The first-order valence-electron chi connectivity index (χ1n) is 17.1. The van der Waals surface area contributed by atoms with Gasteiger partial charge in [-0.2, -0.15) is 9.97 Å². The van der Waals surface area contributed by atoms with Gasteiger partial charge < -0.3 is 19.3 Å². The second kappa shape index (κ2) is 12.6. The van der Waals surface area contributed by atoms with E-state index < -0.39 is 35.0 Å². The summed E-state index contributed by atoms with van der Waals surface area (Å²) in [7, 11) is 1.84. The standard InChI is InChI=1S/C38H41F3N6O3/c1-7-25-28(40)13-12-23-10-8-11-26(30(23)25)32-31(41)33-27(17-42-32)34(45(6)29-20-46(18-22(29)2)36(48)50-37(3,4)5)44-35(43-33)49-21-38-14-9-15-47(38)19-24(39)16-38/h1,8,10-13,17,22,24,29H,9,14-16,18-21H2,2-6H3/t22-,24+,29-,38-/m0/s1. The van der Waals surface area contributed by atoms with Crippen LogP contribution in [-0.4, -0.2) is 94.0 Å². The van der Waals surface area contributed by atoms with Crippen molar-refractivity contribution in [1.29, 1.82) is 0 Å². The second-order valence-electron chi connectivity index (χ2n) is 14.9. The van der Waals surface area contributed by atoms with Crippen molar-refractivity contribution in [2.75, 3.05) is 44.7 Å². The molecule has 0 N–H and O–H groups in total. The third-order valence-corrected chi connectivity index (χ3v) is 10.3. The molecule has 0 spiro atoms. The molecule has 3 fully saturated rings. The normalized spacial score (nSPS) is 23.7. The smallest absolute Gasteiger partial charge is 0.410 e. The van der Waals surface area contributed by atoms with Gasteiger partial charge in [0.25, 0.3) is 0 Å². The number of ether oxygens (including phenoxy) is 2. The highest BCUT2D eigenvalue weighted by atomic mass is 19.1. The van der Waals surface area contributed by atoms with Crippen LogP contribution in [0, 0.1) is 29.9 Å². The Labute approximate surface area is 289 Å². The Morgan fingerprint density at radius 3 is 2.72 bits per heavy atom. The molecule has 2 aromatic carbocycles. The molecular formula is C38H41F3N6O3. The minimum atomic E-state index is -0.945. The van der Waals surface area contributed by atoms with Crippen molar-refractivity contribution in [2.24, 2.45) is 5.92 Å². The third-order valence-electron chi connectivity index (χ3n) is 10.3. The van der Waals surface area contributed by atoms with Gasteiger partial charge in [-0.15, -0.1) is 6.42 Å². The highest BCUT2D eigenvalue weighted by Crippen LogP contribution is 2.41. The summed E-state index contributed by atoms with van der Waals surface area (Å²) in [6.07, 6.45) is 7.94. The number of alkyl halides is 1. The number of likely N-dealkylation sites (tertiary alicyclic amines) is 1. The molecule has 0 aliphatic carbocycles. The first-order valence-corrected chi connectivity index (χ1v) is 17.1. The minimum absolute atomic E-state index is 0.0117. The van der Waals surface area contributed by atoms with Crippen LogP contribution in [0.25, 0.3) is 32.9 Å². The van der Waals surface area contributed by atoms with Gasteiger partial charge in [0.15, 0.2) is 5.82 Å². The molecule has 262 valence electrons. The minimum Gasteiger partial charge on any atom is -0.461 e. The number of terminal acetylenes is 1. The number of likely N-dealkylation sites (N-methyl/N-ethyl adjacent to an activating group) is 1. The molecule has 3 aliphatic heterocycles. The molecular weight excluding hydrogens is 645 g/mol. The van der Waals surface area contributed by atoms with E-state index in [4.69, 9.17) is 20.9 Å². The lowest BCUT2D eigenvalue weighted by Gasteiger charge is -2.32. The average molecular weight is 687 g/mol. The number of hydrogen-bond donors (Lipinski definition) is 0. The number of amides is 1. The number of carbonyl (C=O) groups is 1. The third kappa shape index (κ3) is 5.95. The van der Waals surface area contributed by atoms with E-state index in [0.29, 0.717) is 53.6 Å². The van der Waals surface area contributed by atoms with Gasteiger partial charge in [0.05, 0.1) is 22.5 Å². The first-order chi connectivity index (χ1) is 23.8. The van der Waals surface area contributed by atoms with E-state index in [-0.39, 0.29) is 41.4 Å². The Morgan fingerprint density at radius 1 is 1.16 bits per heavy atom. The molecule has 1 amide bonds. The Morgan fingerprint density at radius 2 is 1.96 bits per heavy atom. The van der Waals surface area contributed by atoms with Gasteiger partial charge in [0.1, 0.15) is 41.2 Å². The predicted octanol–water partition coefficient (Wildman–Crippen LogP) is 6.75. The van der Waals surface area contributed by atoms with Crippen LogP contribution >= 0.6 is 0 Å². The molecule has 0 bridgehead atoms. The van der Waals surface area contributed by atoms with Crippen LogP contribution in [0.15, 0.2) is 36.5 Å². The number of anilines is 1. The van der Waals surface area contributed by atoms with Gasteiger partial charge in [-0.1, -0.05) is 37.1 Å². The zero-order valence-corrected chi connectivity index (χ0v) is 29.0. The van der Waals surface area contributed by atoms with Crippen molar-refractivity contribution >= 4 is 33.6 Å². The Bertz CT molecular complexity index is 2030. The maximum absolute atomic E-state index is 16.9. The SMILES string of the molecule is C#Cc1c(F)ccc2cccc(-c3ncc4c(N(C)[C@H]5CN(C(=O)OC(C)(C)C)C[C@@H]5C)nc(OC[C@@]56CCCN5C[C@H](F)C6)nc4c3F)c12. The quantitative estimate of drug-likeness (QED) is 0.206. The number of pyridine rings is 1. The number of fused-ring (bicyclic) bond motifs is 3. The fourth-order valence-corrected chi connectivity index (χ4v) is 7.97. The summed E-state index contributed by atoms with van der Waals surface area (Å²) in [6.45, 7) is 9.63. The van der Waals surface area contributed by atoms with Crippen LogP contribution in [-0.2, 0) is 4.74 Å². The molecule has 7 rings (SSSR count). The summed E-state index contributed by atoms with van der Waals surface area (Å²) in [5, 5.41) is 1.34. The number of halogens is 3. The van der Waals surface area contributed by atoms with E-state index in [1.165, 1.54) is 12.3 Å². The van der Waals surface area contributed by atoms with Crippen LogP contribution in [0.3, 0.4) is 0 Å². The predicted molar refractivity (Wildman–Crippen MR) is 186 cm³/mol. The Hall–Kier alpha value is -4.63. The van der Waals surface area contributed by atoms with Crippen molar-refractivity contribution in [3.05, 3.63) is 53.7 Å². The van der Waals surface area contributed by atoms with Crippen LogP contribution in [0.4, 0.5) is 23.8 Å². The fraction of sp³-hybridized carbons (Fsp3) is 0.474. The van der Waals surface area contributed by atoms with Gasteiger partial charge in [-0.05, 0) is 57.5 Å². The van der Waals surface area contributed by atoms with E-state index in [9.17, 15) is 13.6 Å². The van der Waals surface area contributed by atoms with Gasteiger partial charge >= 0.3 is 12.1 Å². The molecule has 12 heteroatoms. The summed E-state index contributed by atoms with van der Waals surface area (Å²) in [4.78, 5) is 32.6. The monoisotopic (exact) mass is 686 g/mol.